The van der Waals surface area contributed by atoms with Gasteiger partial charge >= 0.3 is 0 Å². The van der Waals surface area contributed by atoms with Gasteiger partial charge in [0.15, 0.2) is 0 Å². The molecule has 0 amide bonds. The van der Waals surface area contributed by atoms with Crippen molar-refractivity contribution in [3.8, 4) is 0 Å². The third-order valence-corrected chi connectivity index (χ3v) is 3.03. The monoisotopic (exact) mass is 157 g/mol. The lowest BCUT2D eigenvalue weighted by atomic mass is 9.78. The minimum atomic E-state index is -0.941. The van der Waals surface area contributed by atoms with Crippen LogP contribution in [0.4, 0.5) is 0 Å². The summed E-state index contributed by atoms with van der Waals surface area (Å²) in [6.45, 7) is 4.11. The molecule has 3 N–H and O–H groups in total. The van der Waals surface area contributed by atoms with E-state index in [1.54, 1.807) is 0 Å². The van der Waals surface area contributed by atoms with Gasteiger partial charge in [-0.15, -0.1) is 0 Å². The molecule has 66 valence electrons. The van der Waals surface area contributed by atoms with Gasteiger partial charge in [-0.3, -0.25) is 0 Å². The molecule has 0 saturated heterocycles. The van der Waals surface area contributed by atoms with Crippen LogP contribution in [0.25, 0.3) is 0 Å². The Balaban J connectivity index is 2.72. The third-order valence-electron chi connectivity index (χ3n) is 3.03. The molecule has 1 atom stereocenters. The molecule has 1 fully saturated rings. The lowest BCUT2D eigenvalue weighted by molar-refractivity contribution is -0.0672. The third kappa shape index (κ3) is 1.74. The summed E-state index contributed by atoms with van der Waals surface area (Å²) in [5, 5.41) is 9.86. The molecule has 0 aromatic heterocycles. The lowest BCUT2D eigenvalue weighted by Gasteiger charge is -2.38. The molecule has 0 spiro atoms. The van der Waals surface area contributed by atoms with Crippen LogP contribution < -0.4 is 5.73 Å². The molecule has 1 aliphatic carbocycles. The summed E-state index contributed by atoms with van der Waals surface area (Å²) < 4.78 is 0. The van der Waals surface area contributed by atoms with E-state index in [0.717, 1.165) is 19.3 Å². The first-order valence-corrected chi connectivity index (χ1v) is 4.47. The van der Waals surface area contributed by atoms with Crippen LogP contribution in [0.2, 0.25) is 0 Å². The van der Waals surface area contributed by atoms with Crippen molar-refractivity contribution in [2.24, 2.45) is 11.1 Å². The minimum Gasteiger partial charge on any atom is -0.376 e. The van der Waals surface area contributed by atoms with Gasteiger partial charge in [0, 0.05) is 5.41 Å². The smallest absolute Gasteiger partial charge is 0.118 e. The van der Waals surface area contributed by atoms with Gasteiger partial charge in [-0.1, -0.05) is 26.7 Å². The average Bonchev–Trinajstić information content (AvgIpc) is 1.94. The maximum absolute atomic E-state index is 9.86. The van der Waals surface area contributed by atoms with Crippen LogP contribution in [0.3, 0.4) is 0 Å². The fourth-order valence-electron chi connectivity index (χ4n) is 1.69. The maximum atomic E-state index is 9.86. The van der Waals surface area contributed by atoms with Gasteiger partial charge in [0.1, 0.15) is 5.72 Å². The Labute approximate surface area is 68.8 Å². The van der Waals surface area contributed by atoms with Gasteiger partial charge in [-0.25, -0.2) is 0 Å². The Morgan fingerprint density at radius 2 is 1.64 bits per heavy atom. The fourth-order valence-corrected chi connectivity index (χ4v) is 1.69. The first kappa shape index (κ1) is 9.01. The molecule has 2 nitrogen and oxygen atoms in total. The van der Waals surface area contributed by atoms with Crippen molar-refractivity contribution in [2.75, 3.05) is 0 Å². The minimum absolute atomic E-state index is 0.108. The van der Waals surface area contributed by atoms with Crippen LogP contribution in [0.15, 0.2) is 0 Å². The standard InChI is InChI=1S/C9H19NO/c1-8(2)6-4-3-5-7-9(8,10)11/h11H,3-7,10H2,1-2H3. The molecule has 1 aliphatic rings. The van der Waals surface area contributed by atoms with Crippen LogP contribution in [0.5, 0.6) is 0 Å². The number of rotatable bonds is 0. The maximum Gasteiger partial charge on any atom is 0.118 e. The Kier molecular flexibility index (Phi) is 2.26. The highest BCUT2D eigenvalue weighted by molar-refractivity contribution is 4.90. The predicted octanol–water partition coefficient (Wildman–Crippen LogP) is 1.62. The van der Waals surface area contributed by atoms with Crippen molar-refractivity contribution in [3.63, 3.8) is 0 Å². The van der Waals surface area contributed by atoms with Crippen LogP contribution in [-0.4, -0.2) is 10.8 Å². The molecule has 0 radical (unpaired) electrons. The zero-order chi connectivity index (χ0) is 8.54. The van der Waals surface area contributed by atoms with Gasteiger partial charge in [0.2, 0.25) is 0 Å². The Hall–Kier alpha value is -0.0800. The van der Waals surface area contributed by atoms with Crippen molar-refractivity contribution < 1.29 is 5.11 Å². The molecule has 0 aliphatic heterocycles. The number of aliphatic hydroxyl groups is 1. The molecule has 2 heteroatoms. The van der Waals surface area contributed by atoms with E-state index >= 15 is 0 Å². The summed E-state index contributed by atoms with van der Waals surface area (Å²) in [5.74, 6) is 0. The molecule has 0 aromatic carbocycles. The van der Waals surface area contributed by atoms with E-state index in [1.807, 2.05) is 0 Å². The number of nitrogens with two attached hydrogens (primary N) is 1. The Morgan fingerprint density at radius 3 is 2.27 bits per heavy atom. The highest BCUT2D eigenvalue weighted by Gasteiger charge is 2.40. The van der Waals surface area contributed by atoms with Crippen molar-refractivity contribution in [1.82, 2.24) is 0 Å². The summed E-state index contributed by atoms with van der Waals surface area (Å²) in [5.41, 5.74) is 4.76. The summed E-state index contributed by atoms with van der Waals surface area (Å²) in [4.78, 5) is 0. The average molecular weight is 157 g/mol. The molecule has 0 aromatic rings. The van der Waals surface area contributed by atoms with E-state index in [4.69, 9.17) is 5.73 Å². The van der Waals surface area contributed by atoms with Gasteiger partial charge in [-0.05, 0) is 19.3 Å². The first-order chi connectivity index (χ1) is 4.96. The van der Waals surface area contributed by atoms with Crippen LogP contribution >= 0.6 is 0 Å². The van der Waals surface area contributed by atoms with Crippen LogP contribution in [-0.2, 0) is 0 Å². The second kappa shape index (κ2) is 2.76. The van der Waals surface area contributed by atoms with E-state index in [9.17, 15) is 5.11 Å². The molecular formula is C9H19NO. The lowest BCUT2D eigenvalue weighted by Crippen LogP contribution is -2.51. The molecule has 11 heavy (non-hydrogen) atoms. The van der Waals surface area contributed by atoms with Crippen molar-refractivity contribution in [2.45, 2.75) is 51.7 Å². The van der Waals surface area contributed by atoms with Crippen molar-refractivity contribution >= 4 is 0 Å². The quantitative estimate of drug-likeness (QED) is 0.414. The predicted molar refractivity (Wildman–Crippen MR) is 46.0 cm³/mol. The van der Waals surface area contributed by atoms with Gasteiger partial charge in [-0.2, -0.15) is 0 Å². The first-order valence-electron chi connectivity index (χ1n) is 4.47. The van der Waals surface area contributed by atoms with E-state index in [0.29, 0.717) is 0 Å². The van der Waals surface area contributed by atoms with Gasteiger partial charge in [0.05, 0.1) is 0 Å². The summed E-state index contributed by atoms with van der Waals surface area (Å²) >= 11 is 0. The SMILES string of the molecule is CC1(C)CCCCCC1(N)O. The molecule has 1 unspecified atom stereocenters. The summed E-state index contributed by atoms with van der Waals surface area (Å²) in [6.07, 6.45) is 5.27. The Morgan fingerprint density at radius 1 is 1.09 bits per heavy atom. The van der Waals surface area contributed by atoms with Gasteiger partial charge in [0.25, 0.3) is 0 Å². The van der Waals surface area contributed by atoms with E-state index in [-0.39, 0.29) is 5.41 Å². The van der Waals surface area contributed by atoms with Gasteiger partial charge < -0.3 is 10.8 Å². The zero-order valence-corrected chi connectivity index (χ0v) is 7.56. The highest BCUT2D eigenvalue weighted by Crippen LogP contribution is 2.38. The number of hydrogen-bond acceptors (Lipinski definition) is 2. The number of hydrogen-bond donors (Lipinski definition) is 2. The zero-order valence-electron chi connectivity index (χ0n) is 7.56. The Bertz CT molecular complexity index is 124. The van der Waals surface area contributed by atoms with Crippen LogP contribution in [0.1, 0.15) is 46.0 Å². The van der Waals surface area contributed by atoms with Crippen molar-refractivity contribution in [1.29, 1.82) is 0 Å². The molecule has 0 heterocycles. The summed E-state index contributed by atoms with van der Waals surface area (Å²) in [6, 6.07) is 0. The van der Waals surface area contributed by atoms with Crippen molar-refractivity contribution in [3.05, 3.63) is 0 Å². The normalized spacial score (nSPS) is 38.2. The molecular weight excluding hydrogens is 138 g/mol. The van der Waals surface area contributed by atoms with E-state index in [2.05, 4.69) is 13.8 Å². The van der Waals surface area contributed by atoms with Crippen LogP contribution in [0, 0.1) is 5.41 Å². The fraction of sp³-hybridized carbons (Fsp3) is 1.00. The largest absolute Gasteiger partial charge is 0.376 e. The summed E-state index contributed by atoms with van der Waals surface area (Å²) in [7, 11) is 0. The topological polar surface area (TPSA) is 46.2 Å². The highest BCUT2D eigenvalue weighted by atomic mass is 16.3. The van der Waals surface area contributed by atoms with E-state index in [1.165, 1.54) is 12.8 Å². The van der Waals surface area contributed by atoms with E-state index < -0.39 is 5.72 Å². The molecule has 0 bridgehead atoms. The molecule has 1 rings (SSSR count). The molecule has 1 saturated carbocycles. The second-order valence-electron chi connectivity index (χ2n) is 4.37. The second-order valence-corrected chi connectivity index (χ2v) is 4.37.